The van der Waals surface area contributed by atoms with Crippen LogP contribution in [-0.4, -0.2) is 29.8 Å². The third kappa shape index (κ3) is 5.57. The molecule has 0 radical (unpaired) electrons. The maximum absolute atomic E-state index is 13.0. The number of rotatable bonds is 7. The van der Waals surface area contributed by atoms with Gasteiger partial charge in [-0.1, -0.05) is 66.7 Å². The van der Waals surface area contributed by atoms with Crippen molar-refractivity contribution in [2.75, 3.05) is 13.1 Å². The lowest BCUT2D eigenvalue weighted by Crippen LogP contribution is -2.32. The quantitative estimate of drug-likeness (QED) is 0.628. The summed E-state index contributed by atoms with van der Waals surface area (Å²) >= 11 is 0. The van der Waals surface area contributed by atoms with Crippen molar-refractivity contribution in [3.8, 4) is 11.1 Å². The van der Waals surface area contributed by atoms with Crippen molar-refractivity contribution in [2.24, 2.45) is 5.92 Å². The van der Waals surface area contributed by atoms with E-state index in [0.717, 1.165) is 22.3 Å². The number of benzene rings is 3. The molecule has 0 bridgehead atoms. The smallest absolute Gasteiger partial charge is 0.224 e. The molecule has 3 aromatic carbocycles. The molecule has 4 nitrogen and oxygen atoms in total. The van der Waals surface area contributed by atoms with Gasteiger partial charge in [-0.2, -0.15) is 0 Å². The van der Waals surface area contributed by atoms with E-state index in [-0.39, 0.29) is 23.5 Å². The third-order valence-corrected chi connectivity index (χ3v) is 5.59. The Morgan fingerprint density at radius 1 is 0.903 bits per heavy atom. The first kappa shape index (κ1) is 20.8. The first-order valence-corrected chi connectivity index (χ1v) is 10.5. The number of hydrogen-bond donors (Lipinski definition) is 1. The fourth-order valence-electron chi connectivity index (χ4n) is 3.91. The van der Waals surface area contributed by atoms with Crippen LogP contribution >= 0.6 is 0 Å². The number of nitrogens with one attached hydrogen (secondary N) is 1. The molecule has 3 aromatic rings. The second-order valence-electron chi connectivity index (χ2n) is 8.01. The average Bonchev–Trinajstić information content (AvgIpc) is 3.14. The van der Waals surface area contributed by atoms with E-state index in [0.29, 0.717) is 32.5 Å². The maximum Gasteiger partial charge on any atom is 0.224 e. The van der Waals surface area contributed by atoms with Crippen LogP contribution in [0.2, 0.25) is 0 Å². The van der Waals surface area contributed by atoms with Crippen molar-refractivity contribution in [1.29, 1.82) is 0 Å². The van der Waals surface area contributed by atoms with Crippen LogP contribution in [0.15, 0.2) is 78.9 Å². The molecule has 1 atom stereocenters. The van der Waals surface area contributed by atoms with Crippen molar-refractivity contribution in [3.63, 3.8) is 0 Å². The predicted molar refractivity (Wildman–Crippen MR) is 119 cm³/mol. The van der Waals surface area contributed by atoms with Gasteiger partial charge in [-0.3, -0.25) is 9.59 Å². The molecule has 1 unspecified atom stereocenters. The topological polar surface area (TPSA) is 49.4 Å². The molecule has 1 saturated heterocycles. The zero-order valence-electron chi connectivity index (χ0n) is 17.3. The fraction of sp³-hybridized carbons (Fsp3) is 0.231. The highest BCUT2D eigenvalue weighted by molar-refractivity contribution is 5.80. The minimum Gasteiger partial charge on any atom is -0.355 e. The van der Waals surface area contributed by atoms with Crippen molar-refractivity contribution < 1.29 is 14.0 Å². The SMILES string of the molecule is O=C(Cc1ccc(-c2ccccc2)cc1)NCC1CC(=O)N(Cc2ccc(F)cc2)C1. The van der Waals surface area contributed by atoms with E-state index >= 15 is 0 Å². The van der Waals surface area contributed by atoms with Gasteiger partial charge in [0, 0.05) is 32.0 Å². The van der Waals surface area contributed by atoms with E-state index in [4.69, 9.17) is 0 Å². The van der Waals surface area contributed by atoms with Crippen LogP contribution in [-0.2, 0) is 22.6 Å². The molecule has 1 heterocycles. The van der Waals surface area contributed by atoms with E-state index in [9.17, 15) is 14.0 Å². The number of hydrogen-bond acceptors (Lipinski definition) is 2. The summed E-state index contributed by atoms with van der Waals surface area (Å²) in [4.78, 5) is 26.4. The summed E-state index contributed by atoms with van der Waals surface area (Å²) in [6.45, 7) is 1.55. The normalized spacial score (nSPS) is 15.8. The summed E-state index contributed by atoms with van der Waals surface area (Å²) in [5.41, 5.74) is 4.13. The van der Waals surface area contributed by atoms with Crippen LogP contribution in [0.5, 0.6) is 0 Å². The lowest BCUT2D eigenvalue weighted by molar-refractivity contribution is -0.128. The maximum atomic E-state index is 13.0. The molecule has 0 aromatic heterocycles. The van der Waals surface area contributed by atoms with Crippen molar-refractivity contribution in [3.05, 3.63) is 95.8 Å². The Balaban J connectivity index is 1.24. The Morgan fingerprint density at radius 3 is 2.26 bits per heavy atom. The van der Waals surface area contributed by atoms with Gasteiger partial charge in [0.1, 0.15) is 5.82 Å². The number of likely N-dealkylation sites (tertiary alicyclic amines) is 1. The van der Waals surface area contributed by atoms with E-state index < -0.39 is 0 Å². The molecular formula is C26H25FN2O2. The summed E-state index contributed by atoms with van der Waals surface area (Å²) in [5, 5.41) is 2.96. The van der Waals surface area contributed by atoms with Gasteiger partial charge in [0.25, 0.3) is 0 Å². The standard InChI is InChI=1S/C26H25FN2O2/c27-24-12-8-20(9-13-24)17-29-18-21(15-26(29)31)16-28-25(30)14-19-6-10-23(11-7-19)22-4-2-1-3-5-22/h1-13,21H,14-18H2,(H,28,30). The summed E-state index contributed by atoms with van der Waals surface area (Å²) in [7, 11) is 0. The first-order valence-electron chi connectivity index (χ1n) is 10.5. The fourth-order valence-corrected chi connectivity index (χ4v) is 3.91. The molecule has 158 valence electrons. The molecule has 0 spiro atoms. The highest BCUT2D eigenvalue weighted by Crippen LogP contribution is 2.21. The highest BCUT2D eigenvalue weighted by atomic mass is 19.1. The Morgan fingerprint density at radius 2 is 1.55 bits per heavy atom. The van der Waals surface area contributed by atoms with Gasteiger partial charge in [0.15, 0.2) is 0 Å². The third-order valence-electron chi connectivity index (χ3n) is 5.59. The molecule has 1 N–H and O–H groups in total. The molecular weight excluding hydrogens is 391 g/mol. The Kier molecular flexibility index (Phi) is 6.41. The number of nitrogens with zero attached hydrogens (tertiary/aromatic N) is 1. The van der Waals surface area contributed by atoms with Crippen molar-refractivity contribution >= 4 is 11.8 Å². The number of carbonyl (C=O) groups excluding carboxylic acids is 2. The second kappa shape index (κ2) is 9.56. The summed E-state index contributed by atoms with van der Waals surface area (Å²) in [6, 6.07) is 24.3. The molecule has 0 saturated carbocycles. The molecule has 0 aliphatic carbocycles. The van der Waals surface area contributed by atoms with Crippen LogP contribution < -0.4 is 5.32 Å². The van der Waals surface area contributed by atoms with Gasteiger partial charge in [0.05, 0.1) is 6.42 Å². The highest BCUT2D eigenvalue weighted by Gasteiger charge is 2.29. The van der Waals surface area contributed by atoms with E-state index in [1.54, 1.807) is 17.0 Å². The van der Waals surface area contributed by atoms with E-state index in [1.165, 1.54) is 12.1 Å². The van der Waals surface area contributed by atoms with Crippen LogP contribution in [0.25, 0.3) is 11.1 Å². The molecule has 5 heteroatoms. The van der Waals surface area contributed by atoms with Crippen molar-refractivity contribution in [2.45, 2.75) is 19.4 Å². The molecule has 2 amide bonds. The zero-order chi connectivity index (χ0) is 21.6. The van der Waals surface area contributed by atoms with Gasteiger partial charge in [-0.25, -0.2) is 4.39 Å². The molecule has 1 fully saturated rings. The minimum atomic E-state index is -0.285. The van der Waals surface area contributed by atoms with E-state index in [1.807, 2.05) is 42.5 Å². The second-order valence-corrected chi connectivity index (χ2v) is 8.01. The lowest BCUT2D eigenvalue weighted by Gasteiger charge is -2.17. The number of amides is 2. The molecule has 31 heavy (non-hydrogen) atoms. The van der Waals surface area contributed by atoms with Crippen LogP contribution in [0.1, 0.15) is 17.5 Å². The number of halogens is 1. The summed E-state index contributed by atoms with van der Waals surface area (Å²) in [6.07, 6.45) is 0.738. The molecule has 1 aliphatic rings. The van der Waals surface area contributed by atoms with Crippen LogP contribution in [0, 0.1) is 11.7 Å². The Labute approximate surface area is 181 Å². The Hall–Kier alpha value is -3.47. The zero-order valence-corrected chi connectivity index (χ0v) is 17.3. The van der Waals surface area contributed by atoms with Gasteiger partial charge in [-0.15, -0.1) is 0 Å². The Bertz CT molecular complexity index is 1030. The average molecular weight is 416 g/mol. The van der Waals surface area contributed by atoms with Gasteiger partial charge >= 0.3 is 0 Å². The van der Waals surface area contributed by atoms with Crippen LogP contribution in [0.4, 0.5) is 4.39 Å². The largest absolute Gasteiger partial charge is 0.355 e. The first-order chi connectivity index (χ1) is 15.1. The monoisotopic (exact) mass is 416 g/mol. The van der Waals surface area contributed by atoms with Crippen LogP contribution in [0.3, 0.4) is 0 Å². The van der Waals surface area contributed by atoms with Gasteiger partial charge in [-0.05, 0) is 34.4 Å². The van der Waals surface area contributed by atoms with Gasteiger partial charge in [0.2, 0.25) is 11.8 Å². The summed E-state index contributed by atoms with van der Waals surface area (Å²) < 4.78 is 13.0. The predicted octanol–water partition coefficient (Wildman–Crippen LogP) is 4.20. The molecule has 1 aliphatic heterocycles. The van der Waals surface area contributed by atoms with Crippen molar-refractivity contribution in [1.82, 2.24) is 10.2 Å². The lowest BCUT2D eigenvalue weighted by atomic mass is 10.0. The van der Waals surface area contributed by atoms with Gasteiger partial charge < -0.3 is 10.2 Å². The number of carbonyl (C=O) groups is 2. The van der Waals surface area contributed by atoms with E-state index in [2.05, 4.69) is 17.4 Å². The molecule has 4 rings (SSSR count). The minimum absolute atomic E-state index is 0.0445. The summed E-state index contributed by atoms with van der Waals surface area (Å²) in [5.74, 6) is -0.166.